The highest BCUT2D eigenvalue weighted by molar-refractivity contribution is 8.00. The van der Waals surface area contributed by atoms with E-state index < -0.39 is 5.91 Å². The van der Waals surface area contributed by atoms with E-state index in [4.69, 9.17) is 10.6 Å². The summed E-state index contributed by atoms with van der Waals surface area (Å²) >= 11 is 1.09. The van der Waals surface area contributed by atoms with Crippen LogP contribution in [-0.4, -0.2) is 34.8 Å². The number of carbonyl (C=O) groups is 2. The molecule has 8 nitrogen and oxygen atoms in total. The van der Waals surface area contributed by atoms with E-state index in [9.17, 15) is 14.7 Å². The summed E-state index contributed by atoms with van der Waals surface area (Å²) in [5.74, 6) is 5.11. The summed E-state index contributed by atoms with van der Waals surface area (Å²) in [4.78, 5) is 28.5. The molecule has 0 spiro atoms. The van der Waals surface area contributed by atoms with Gasteiger partial charge in [-0.2, -0.15) is 0 Å². The van der Waals surface area contributed by atoms with Crippen molar-refractivity contribution in [3.05, 3.63) is 47.2 Å². The normalized spacial score (nSPS) is 10.3. The summed E-state index contributed by atoms with van der Waals surface area (Å²) in [7, 11) is 1.56. The van der Waals surface area contributed by atoms with E-state index in [1.54, 1.807) is 44.4 Å². The number of methoxy groups -OCH3 is 1. The van der Waals surface area contributed by atoms with Gasteiger partial charge in [-0.05, 0) is 42.8 Å². The van der Waals surface area contributed by atoms with Crippen LogP contribution in [0.25, 0.3) is 0 Å². The summed E-state index contributed by atoms with van der Waals surface area (Å²) in [6.45, 7) is 1.41. The van der Waals surface area contributed by atoms with Crippen molar-refractivity contribution in [1.29, 1.82) is 0 Å². The fourth-order valence-corrected chi connectivity index (χ4v) is 3.18. The molecule has 0 fully saturated rings. The van der Waals surface area contributed by atoms with Gasteiger partial charge in [-0.15, -0.1) is 0 Å². The second-order valence-corrected chi connectivity index (χ2v) is 6.26. The topological polar surface area (TPSA) is 127 Å². The Kier molecular flexibility index (Phi) is 6.96. The van der Waals surface area contributed by atoms with Crippen molar-refractivity contribution in [2.75, 3.05) is 18.2 Å². The molecule has 2 amide bonds. The summed E-state index contributed by atoms with van der Waals surface area (Å²) in [5.41, 5.74) is 3.86. The van der Waals surface area contributed by atoms with Crippen LogP contribution < -0.4 is 21.3 Å². The number of hydrogen-bond donors (Lipinski definition) is 4. The van der Waals surface area contributed by atoms with Gasteiger partial charge in [0.15, 0.2) is 0 Å². The van der Waals surface area contributed by atoms with Crippen molar-refractivity contribution in [2.24, 2.45) is 5.84 Å². The number of benzene rings is 1. The lowest BCUT2D eigenvalue weighted by Gasteiger charge is -2.12. The quantitative estimate of drug-likeness (QED) is 0.248. The first-order valence-corrected chi connectivity index (χ1v) is 8.66. The third-order valence-corrected chi connectivity index (χ3v) is 4.41. The number of amides is 2. The van der Waals surface area contributed by atoms with Gasteiger partial charge in [0.05, 0.1) is 25.0 Å². The van der Waals surface area contributed by atoms with Gasteiger partial charge in [0.25, 0.3) is 5.91 Å². The molecule has 0 aliphatic heterocycles. The number of hydrogen-bond acceptors (Lipinski definition) is 7. The van der Waals surface area contributed by atoms with E-state index in [2.05, 4.69) is 10.3 Å². The molecule has 0 radical (unpaired) electrons. The van der Waals surface area contributed by atoms with Gasteiger partial charge in [-0.3, -0.25) is 15.0 Å². The zero-order chi connectivity index (χ0) is 19.1. The molecule has 2 aromatic rings. The Balaban J connectivity index is 2.11. The SMILES string of the molecule is COc1ccc(NC(=O)CSc2nc(C)cc(CO)c2C(=O)NN)cc1. The van der Waals surface area contributed by atoms with Crippen molar-refractivity contribution in [2.45, 2.75) is 18.6 Å². The van der Waals surface area contributed by atoms with Gasteiger partial charge < -0.3 is 15.2 Å². The number of rotatable bonds is 7. The third-order valence-electron chi connectivity index (χ3n) is 3.44. The fraction of sp³-hybridized carbons (Fsp3) is 0.235. The Hall–Kier alpha value is -2.62. The molecule has 5 N–H and O–H groups in total. The zero-order valence-electron chi connectivity index (χ0n) is 14.4. The standard InChI is InChI=1S/C17H20N4O4S/c1-10-7-11(8-22)15(16(24)21-18)17(19-10)26-9-14(23)20-12-3-5-13(25-2)6-4-12/h3-7,22H,8-9,18H2,1-2H3,(H,20,23)(H,21,24). The van der Waals surface area contributed by atoms with E-state index in [0.717, 1.165) is 11.8 Å². The van der Waals surface area contributed by atoms with Crippen molar-refractivity contribution in [3.63, 3.8) is 0 Å². The van der Waals surface area contributed by atoms with Crippen LogP contribution in [0.1, 0.15) is 21.6 Å². The molecule has 0 aliphatic carbocycles. The van der Waals surface area contributed by atoms with E-state index >= 15 is 0 Å². The Morgan fingerprint density at radius 2 is 2.00 bits per heavy atom. The molecular weight excluding hydrogens is 356 g/mol. The summed E-state index contributed by atoms with van der Waals surface area (Å²) in [6.07, 6.45) is 0. The van der Waals surface area contributed by atoms with Gasteiger partial charge in [-0.1, -0.05) is 11.8 Å². The average molecular weight is 376 g/mol. The lowest BCUT2D eigenvalue weighted by molar-refractivity contribution is -0.113. The number of thioether (sulfide) groups is 1. The molecule has 0 bridgehead atoms. The average Bonchev–Trinajstić information content (AvgIpc) is 2.65. The largest absolute Gasteiger partial charge is 0.497 e. The van der Waals surface area contributed by atoms with Gasteiger partial charge in [0.1, 0.15) is 10.8 Å². The van der Waals surface area contributed by atoms with Crippen molar-refractivity contribution < 1.29 is 19.4 Å². The maximum absolute atomic E-state index is 12.2. The third kappa shape index (κ3) is 4.94. The molecule has 0 unspecified atom stereocenters. The number of aliphatic hydroxyl groups is 1. The molecule has 1 heterocycles. The van der Waals surface area contributed by atoms with Gasteiger partial charge in [0, 0.05) is 11.4 Å². The first-order valence-electron chi connectivity index (χ1n) is 7.67. The molecule has 2 rings (SSSR count). The second kappa shape index (κ2) is 9.18. The number of nitrogens with two attached hydrogens (primary N) is 1. The fourth-order valence-electron chi connectivity index (χ4n) is 2.26. The van der Waals surface area contributed by atoms with Crippen molar-refractivity contribution in [1.82, 2.24) is 10.4 Å². The van der Waals surface area contributed by atoms with Crippen molar-refractivity contribution >= 4 is 29.3 Å². The lowest BCUT2D eigenvalue weighted by atomic mass is 10.1. The van der Waals surface area contributed by atoms with Gasteiger partial charge in [0.2, 0.25) is 5.91 Å². The number of anilines is 1. The van der Waals surface area contributed by atoms with Gasteiger partial charge in [-0.25, -0.2) is 10.8 Å². The second-order valence-electron chi connectivity index (χ2n) is 5.30. The Morgan fingerprint density at radius 1 is 1.31 bits per heavy atom. The molecule has 0 saturated carbocycles. The number of aromatic nitrogens is 1. The predicted molar refractivity (Wildman–Crippen MR) is 98.9 cm³/mol. The number of carbonyl (C=O) groups excluding carboxylic acids is 2. The van der Waals surface area contributed by atoms with Crippen LogP contribution in [0.3, 0.4) is 0 Å². The monoisotopic (exact) mass is 376 g/mol. The summed E-state index contributed by atoms with van der Waals surface area (Å²) in [6, 6.07) is 8.53. The van der Waals surface area contributed by atoms with E-state index in [1.165, 1.54) is 0 Å². The predicted octanol–water partition coefficient (Wildman–Crippen LogP) is 1.23. The van der Waals surface area contributed by atoms with Crippen LogP contribution in [-0.2, 0) is 11.4 Å². The molecule has 26 heavy (non-hydrogen) atoms. The minimum absolute atomic E-state index is 0.0399. The molecule has 0 atom stereocenters. The smallest absolute Gasteiger partial charge is 0.268 e. The van der Waals surface area contributed by atoms with Crippen LogP contribution in [0.5, 0.6) is 5.75 Å². The number of nitrogens with one attached hydrogen (secondary N) is 2. The number of hydrazine groups is 1. The number of aryl methyl sites for hydroxylation is 1. The molecular formula is C17H20N4O4S. The zero-order valence-corrected chi connectivity index (χ0v) is 15.2. The maximum Gasteiger partial charge on any atom is 0.268 e. The van der Waals surface area contributed by atoms with Crippen LogP contribution in [0.15, 0.2) is 35.4 Å². The molecule has 0 saturated heterocycles. The Morgan fingerprint density at radius 3 is 2.58 bits per heavy atom. The molecule has 1 aromatic heterocycles. The Labute approximate surface area is 155 Å². The highest BCUT2D eigenvalue weighted by Crippen LogP contribution is 2.25. The number of pyridine rings is 1. The van der Waals surface area contributed by atoms with E-state index in [-0.39, 0.29) is 23.8 Å². The lowest BCUT2D eigenvalue weighted by Crippen LogP contribution is -2.31. The number of aliphatic hydroxyl groups excluding tert-OH is 1. The van der Waals surface area contributed by atoms with Crippen LogP contribution in [0, 0.1) is 6.92 Å². The van der Waals surface area contributed by atoms with Crippen molar-refractivity contribution in [3.8, 4) is 5.75 Å². The van der Waals surface area contributed by atoms with Crippen LogP contribution in [0.4, 0.5) is 5.69 Å². The minimum atomic E-state index is -0.570. The molecule has 1 aromatic carbocycles. The van der Waals surface area contributed by atoms with Gasteiger partial charge >= 0.3 is 0 Å². The maximum atomic E-state index is 12.2. The number of nitrogen functional groups attached to an aromatic ring is 1. The van der Waals surface area contributed by atoms with Crippen LogP contribution in [0.2, 0.25) is 0 Å². The molecule has 9 heteroatoms. The first kappa shape index (κ1) is 19.7. The Bertz CT molecular complexity index is 796. The summed E-state index contributed by atoms with van der Waals surface area (Å²) < 4.78 is 5.07. The highest BCUT2D eigenvalue weighted by Gasteiger charge is 2.19. The van der Waals surface area contributed by atoms with E-state index in [1.807, 2.05) is 5.43 Å². The minimum Gasteiger partial charge on any atom is -0.497 e. The number of nitrogens with zero attached hydrogens (tertiary/aromatic N) is 1. The first-order chi connectivity index (χ1) is 12.5. The summed E-state index contributed by atoms with van der Waals surface area (Å²) in [5, 5.41) is 12.6. The highest BCUT2D eigenvalue weighted by atomic mass is 32.2. The van der Waals surface area contributed by atoms with Crippen LogP contribution >= 0.6 is 11.8 Å². The number of ether oxygens (including phenoxy) is 1. The molecule has 138 valence electrons. The van der Waals surface area contributed by atoms with E-state index in [0.29, 0.717) is 27.7 Å². The molecule has 0 aliphatic rings.